The highest BCUT2D eigenvalue weighted by molar-refractivity contribution is 8.10. The SMILES string of the molecule is CC[C@@H]1O[C@@]1(S(C)(=O)=O)S(=O)(=O)c1ccc(C)cc1. The van der Waals surface area contributed by atoms with Gasteiger partial charge in [0.2, 0.25) is 9.84 Å². The minimum Gasteiger partial charge on any atom is -0.336 e. The van der Waals surface area contributed by atoms with Crippen LogP contribution in [-0.2, 0) is 24.4 Å². The second-order valence-electron chi connectivity index (χ2n) is 4.71. The summed E-state index contributed by atoms with van der Waals surface area (Å²) in [7, 11) is -7.95. The van der Waals surface area contributed by atoms with Gasteiger partial charge in [-0.05, 0) is 25.5 Å². The molecule has 0 N–H and O–H groups in total. The molecule has 2 atom stereocenters. The summed E-state index contributed by atoms with van der Waals surface area (Å²) < 4.78 is 51.8. The first-order chi connectivity index (χ1) is 8.66. The van der Waals surface area contributed by atoms with Crippen LogP contribution in [-0.4, -0.2) is 33.5 Å². The summed E-state index contributed by atoms with van der Waals surface area (Å²) in [5.74, 6) is 0. The number of hydrogen-bond acceptors (Lipinski definition) is 5. The molecule has 7 heteroatoms. The lowest BCUT2D eigenvalue weighted by atomic mass is 10.2. The third kappa shape index (κ3) is 2.00. The molecule has 106 valence electrons. The molecule has 19 heavy (non-hydrogen) atoms. The third-order valence-corrected chi connectivity index (χ3v) is 8.20. The van der Waals surface area contributed by atoms with Crippen molar-refractivity contribution in [3.05, 3.63) is 29.8 Å². The van der Waals surface area contributed by atoms with Gasteiger partial charge in [0.1, 0.15) is 6.10 Å². The van der Waals surface area contributed by atoms with Crippen LogP contribution in [0.25, 0.3) is 0 Å². The molecule has 0 amide bonds. The summed E-state index contributed by atoms with van der Waals surface area (Å²) in [6.45, 7) is 3.52. The Morgan fingerprint density at radius 2 is 1.68 bits per heavy atom. The highest BCUT2D eigenvalue weighted by Crippen LogP contribution is 2.50. The van der Waals surface area contributed by atoms with E-state index in [4.69, 9.17) is 4.74 Å². The van der Waals surface area contributed by atoms with Gasteiger partial charge in [0.05, 0.1) is 4.90 Å². The molecule has 0 spiro atoms. The molecule has 1 heterocycles. The Labute approximate surface area is 113 Å². The van der Waals surface area contributed by atoms with Crippen LogP contribution in [0.5, 0.6) is 0 Å². The second-order valence-corrected chi connectivity index (χ2v) is 9.20. The maximum absolute atomic E-state index is 12.5. The first-order valence-electron chi connectivity index (χ1n) is 5.85. The van der Waals surface area contributed by atoms with Gasteiger partial charge in [-0.25, -0.2) is 16.8 Å². The van der Waals surface area contributed by atoms with Crippen LogP contribution in [0.15, 0.2) is 29.2 Å². The molecule has 2 rings (SSSR count). The van der Waals surface area contributed by atoms with E-state index in [1.54, 1.807) is 19.1 Å². The molecule has 1 aromatic rings. The van der Waals surface area contributed by atoms with E-state index in [0.717, 1.165) is 11.8 Å². The first-order valence-corrected chi connectivity index (χ1v) is 9.23. The van der Waals surface area contributed by atoms with E-state index in [-0.39, 0.29) is 4.90 Å². The van der Waals surface area contributed by atoms with Gasteiger partial charge >= 0.3 is 4.27 Å². The van der Waals surface area contributed by atoms with Crippen molar-refractivity contribution in [2.75, 3.05) is 6.26 Å². The largest absolute Gasteiger partial charge is 0.336 e. The maximum atomic E-state index is 12.5. The molecule has 1 aromatic carbocycles. The average molecular weight is 304 g/mol. The number of rotatable bonds is 4. The van der Waals surface area contributed by atoms with Gasteiger partial charge in [0.25, 0.3) is 0 Å². The van der Waals surface area contributed by atoms with E-state index in [9.17, 15) is 16.8 Å². The quantitative estimate of drug-likeness (QED) is 0.783. The Morgan fingerprint density at radius 1 is 1.16 bits per heavy atom. The summed E-state index contributed by atoms with van der Waals surface area (Å²) in [5, 5.41) is 0. The minimum absolute atomic E-state index is 0.0283. The fraction of sp³-hybridized carbons (Fsp3) is 0.500. The van der Waals surface area contributed by atoms with Gasteiger partial charge in [0.15, 0.2) is 9.84 Å². The Balaban J connectivity index is 2.59. The molecule has 5 nitrogen and oxygen atoms in total. The van der Waals surface area contributed by atoms with Crippen LogP contribution in [0.4, 0.5) is 0 Å². The zero-order chi connectivity index (χ0) is 14.5. The van der Waals surface area contributed by atoms with Gasteiger partial charge in [-0.15, -0.1) is 0 Å². The van der Waals surface area contributed by atoms with Crippen LogP contribution < -0.4 is 0 Å². The van der Waals surface area contributed by atoms with E-state index in [1.807, 2.05) is 6.92 Å². The molecule has 1 saturated heterocycles. The van der Waals surface area contributed by atoms with Crippen molar-refractivity contribution in [2.45, 2.75) is 35.5 Å². The molecule has 0 aromatic heterocycles. The van der Waals surface area contributed by atoms with Crippen molar-refractivity contribution in [1.82, 2.24) is 0 Å². The molecule has 1 aliphatic heterocycles. The lowest BCUT2D eigenvalue weighted by molar-refractivity contribution is 0.372. The number of aryl methyl sites for hydroxylation is 1. The first kappa shape index (κ1) is 14.5. The molecule has 0 unspecified atom stereocenters. The van der Waals surface area contributed by atoms with Crippen molar-refractivity contribution in [3.63, 3.8) is 0 Å². The van der Waals surface area contributed by atoms with Gasteiger partial charge < -0.3 is 4.74 Å². The predicted molar refractivity (Wildman–Crippen MR) is 71.1 cm³/mol. The fourth-order valence-corrected chi connectivity index (χ4v) is 6.54. The normalized spacial score (nSPS) is 27.2. The smallest absolute Gasteiger partial charge is 0.301 e. The van der Waals surface area contributed by atoms with Crippen LogP contribution in [0.2, 0.25) is 0 Å². The molecule has 0 bridgehead atoms. The van der Waals surface area contributed by atoms with E-state index in [2.05, 4.69) is 0 Å². The van der Waals surface area contributed by atoms with Gasteiger partial charge in [0, 0.05) is 6.26 Å². The summed E-state index contributed by atoms with van der Waals surface area (Å²) in [6, 6.07) is 6.08. The molecular formula is C12H16O5S2. The maximum Gasteiger partial charge on any atom is 0.301 e. The van der Waals surface area contributed by atoms with E-state index >= 15 is 0 Å². The summed E-state index contributed by atoms with van der Waals surface area (Å²) in [5.41, 5.74) is 0.899. The van der Waals surface area contributed by atoms with Crippen molar-refractivity contribution in [2.24, 2.45) is 0 Å². The molecule has 0 saturated carbocycles. The number of hydrogen-bond donors (Lipinski definition) is 0. The molecular weight excluding hydrogens is 288 g/mol. The fourth-order valence-electron chi connectivity index (χ4n) is 2.14. The highest BCUT2D eigenvalue weighted by Gasteiger charge is 2.73. The highest BCUT2D eigenvalue weighted by atomic mass is 32.3. The summed E-state index contributed by atoms with van der Waals surface area (Å²) in [6.07, 6.45) is 0.431. The van der Waals surface area contributed by atoms with Crippen LogP contribution in [0.3, 0.4) is 0 Å². The number of epoxide rings is 1. The Kier molecular flexibility index (Phi) is 3.27. The molecule has 0 radical (unpaired) electrons. The molecule has 0 aliphatic carbocycles. The Hall–Kier alpha value is -0.920. The molecule has 1 aliphatic rings. The van der Waals surface area contributed by atoms with Crippen LogP contribution >= 0.6 is 0 Å². The predicted octanol–water partition coefficient (Wildman–Crippen LogP) is 1.28. The zero-order valence-electron chi connectivity index (χ0n) is 11.0. The lowest BCUT2D eigenvalue weighted by Gasteiger charge is -2.12. The average Bonchev–Trinajstić information content (AvgIpc) is 3.05. The van der Waals surface area contributed by atoms with E-state index < -0.39 is 30.0 Å². The Morgan fingerprint density at radius 3 is 2.05 bits per heavy atom. The Bertz CT molecular complexity index is 688. The van der Waals surface area contributed by atoms with E-state index in [0.29, 0.717) is 6.42 Å². The summed E-state index contributed by atoms with van der Waals surface area (Å²) in [4.78, 5) is -0.0283. The monoisotopic (exact) mass is 304 g/mol. The van der Waals surface area contributed by atoms with Gasteiger partial charge in [-0.3, -0.25) is 0 Å². The lowest BCUT2D eigenvalue weighted by Crippen LogP contribution is -2.36. The van der Waals surface area contributed by atoms with Gasteiger partial charge in [-0.1, -0.05) is 24.6 Å². The number of sulfone groups is 2. The summed E-state index contributed by atoms with van der Waals surface area (Å²) >= 11 is 0. The van der Waals surface area contributed by atoms with Gasteiger partial charge in [-0.2, -0.15) is 0 Å². The van der Waals surface area contributed by atoms with Crippen LogP contribution in [0.1, 0.15) is 18.9 Å². The minimum atomic E-state index is -4.07. The van der Waals surface area contributed by atoms with Crippen LogP contribution in [0, 0.1) is 6.92 Å². The van der Waals surface area contributed by atoms with Crippen molar-refractivity contribution in [3.8, 4) is 0 Å². The third-order valence-electron chi connectivity index (χ3n) is 3.24. The zero-order valence-corrected chi connectivity index (χ0v) is 12.6. The molecule has 1 fully saturated rings. The van der Waals surface area contributed by atoms with Crippen molar-refractivity contribution < 1.29 is 21.6 Å². The standard InChI is InChI=1S/C12H16O5S2/c1-4-11-12(17-11,18(3,13)14)19(15,16)10-7-5-9(2)6-8-10/h5-8,11H,4H2,1-3H3/t11-,12-/m0/s1. The van der Waals surface area contributed by atoms with Crippen molar-refractivity contribution in [1.29, 1.82) is 0 Å². The number of ether oxygens (including phenoxy) is 1. The topological polar surface area (TPSA) is 80.8 Å². The van der Waals surface area contributed by atoms with Crippen molar-refractivity contribution >= 4 is 19.7 Å². The van der Waals surface area contributed by atoms with E-state index in [1.165, 1.54) is 12.1 Å². The number of benzene rings is 1. The second kappa shape index (κ2) is 4.29.